The zero-order valence-corrected chi connectivity index (χ0v) is 12.8. The third-order valence-electron chi connectivity index (χ3n) is 1.73. The van der Waals surface area contributed by atoms with Crippen molar-refractivity contribution in [2.24, 2.45) is 0 Å². The molecule has 0 radical (unpaired) electrons. The molecule has 0 aliphatic heterocycles. The predicted molar refractivity (Wildman–Crippen MR) is 58.8 cm³/mol. The first-order valence-corrected chi connectivity index (χ1v) is 4.27. The molecule has 76 valence electrons. The molecule has 2 rings (SSSR count). The Balaban J connectivity index is 0. The van der Waals surface area contributed by atoms with E-state index in [4.69, 9.17) is 0 Å². The molecule has 0 aromatic rings. The van der Waals surface area contributed by atoms with Crippen molar-refractivity contribution in [2.45, 2.75) is 26.7 Å². The molecule has 0 spiro atoms. The van der Waals surface area contributed by atoms with Gasteiger partial charge in [-0.3, -0.25) is 12.2 Å². The molecule has 0 saturated carbocycles. The molecule has 0 saturated heterocycles. The van der Waals surface area contributed by atoms with Crippen LogP contribution in [0.2, 0.25) is 0 Å². The molecule has 0 heterocycles. The summed E-state index contributed by atoms with van der Waals surface area (Å²) in [5, 5.41) is 0. The largest absolute Gasteiger partial charge is 0.358 e. The summed E-state index contributed by atoms with van der Waals surface area (Å²) in [6, 6.07) is 0. The molecule has 2 aliphatic rings. The Labute approximate surface area is 107 Å². The van der Waals surface area contributed by atoms with Crippen molar-refractivity contribution in [3.05, 3.63) is 55.0 Å². The fourth-order valence-electron chi connectivity index (χ4n) is 1.03. The van der Waals surface area contributed by atoms with Gasteiger partial charge in [-0.2, -0.15) is 12.2 Å². The first-order valence-electron chi connectivity index (χ1n) is 4.27. The van der Waals surface area contributed by atoms with Crippen LogP contribution in [-0.2, 0) is 25.8 Å². The minimum atomic E-state index is 0. The van der Waals surface area contributed by atoms with E-state index < -0.39 is 0 Å². The van der Waals surface area contributed by atoms with Gasteiger partial charge in [-0.1, -0.05) is 13.8 Å². The molecule has 0 amide bonds. The van der Waals surface area contributed by atoms with Crippen LogP contribution in [-0.4, -0.2) is 0 Å². The van der Waals surface area contributed by atoms with Crippen molar-refractivity contribution in [1.82, 2.24) is 0 Å². The van der Waals surface area contributed by atoms with Crippen molar-refractivity contribution in [1.29, 1.82) is 0 Å². The van der Waals surface area contributed by atoms with Gasteiger partial charge in [0.2, 0.25) is 0 Å². The first-order chi connectivity index (χ1) is 5.79. The zero-order valence-electron chi connectivity index (χ0n) is 9.22. The molecule has 0 N–H and O–H groups in total. The van der Waals surface area contributed by atoms with Crippen molar-refractivity contribution in [2.75, 3.05) is 0 Å². The maximum atomic E-state index is 3.12. The van der Waals surface area contributed by atoms with E-state index in [1.54, 1.807) is 0 Å². The van der Waals surface area contributed by atoms with E-state index in [2.05, 4.69) is 50.3 Å². The Bertz CT molecular complexity index is 221. The fourth-order valence-corrected chi connectivity index (χ4v) is 1.03. The summed E-state index contributed by atoms with van der Waals surface area (Å²) in [5.41, 5.74) is 2.55. The molecule has 0 atom stereocenters. The maximum Gasteiger partial charge on any atom is 0 e. The summed E-state index contributed by atoms with van der Waals surface area (Å²) in [6.07, 6.45) is 16.7. The summed E-state index contributed by atoms with van der Waals surface area (Å²) in [7, 11) is 0. The Morgan fingerprint density at radius 1 is 0.929 bits per heavy atom. The average Bonchev–Trinajstić information content (AvgIpc) is 2.63. The molecular weight excluding hydrogens is 335 g/mol. The van der Waals surface area contributed by atoms with Crippen molar-refractivity contribution in [3.8, 4) is 0 Å². The monoisotopic (exact) mass is 353 g/mol. The fraction of sp³-hybridized carbons (Fsp3) is 0.308. The van der Waals surface area contributed by atoms with Gasteiger partial charge in [-0.15, -0.1) is 12.8 Å². The summed E-state index contributed by atoms with van der Waals surface area (Å²) in [6.45, 7) is 4.12. The van der Waals surface area contributed by atoms with E-state index in [-0.39, 0.29) is 33.3 Å². The van der Waals surface area contributed by atoms with E-state index in [1.807, 2.05) is 0 Å². The maximum absolute atomic E-state index is 3.12. The van der Waals surface area contributed by atoms with Gasteiger partial charge in [0, 0.05) is 25.8 Å². The van der Waals surface area contributed by atoms with Gasteiger partial charge < -0.3 is 7.43 Å². The minimum absolute atomic E-state index is 0. The Morgan fingerprint density at radius 2 is 1.29 bits per heavy atom. The number of hydrogen-bond acceptors (Lipinski definition) is 0. The molecule has 2 aliphatic carbocycles. The molecule has 0 aromatic heterocycles. The van der Waals surface area contributed by atoms with Crippen molar-refractivity contribution < 1.29 is 25.8 Å². The smallest absolute Gasteiger partial charge is 0 e. The van der Waals surface area contributed by atoms with Crippen molar-refractivity contribution in [3.63, 3.8) is 0 Å². The van der Waals surface area contributed by atoms with Gasteiger partial charge in [0.15, 0.2) is 0 Å². The van der Waals surface area contributed by atoms with Gasteiger partial charge in [0.25, 0.3) is 0 Å². The summed E-state index contributed by atoms with van der Waals surface area (Å²) in [4.78, 5) is 0. The van der Waals surface area contributed by atoms with Crippen LogP contribution in [0, 0.1) is 19.6 Å². The molecule has 0 unspecified atom stereocenters. The first kappa shape index (κ1) is 16.3. The standard InChI is InChI=1S/2C6H7.CH3.Hf/c2*1-6-4-2-3-5-6;;/h2*2,4H,3H2,1H3;1H3;/q3*-1;. The predicted octanol–water partition coefficient (Wildman–Crippen LogP) is 3.84. The number of allylic oxidation sites excluding steroid dienone is 8. The molecule has 0 bridgehead atoms. The van der Waals surface area contributed by atoms with Crippen LogP contribution in [0.3, 0.4) is 0 Å². The van der Waals surface area contributed by atoms with Crippen LogP contribution in [0.15, 0.2) is 35.5 Å². The van der Waals surface area contributed by atoms with E-state index in [0.717, 1.165) is 12.8 Å². The van der Waals surface area contributed by atoms with Crippen LogP contribution < -0.4 is 0 Å². The zero-order chi connectivity index (χ0) is 8.81. The van der Waals surface area contributed by atoms with Gasteiger partial charge in [0.1, 0.15) is 0 Å². The normalized spacial score (nSPS) is 15.9. The summed E-state index contributed by atoms with van der Waals surface area (Å²) in [5.74, 6) is 0. The second kappa shape index (κ2) is 9.39. The summed E-state index contributed by atoms with van der Waals surface area (Å²) < 4.78 is 0. The summed E-state index contributed by atoms with van der Waals surface area (Å²) >= 11 is 0. The SMILES string of the molecule is CC1=[C-]CC=C1.CC1=[C-]CC=C1.[CH3-].[Hf]. The van der Waals surface area contributed by atoms with Gasteiger partial charge in [-0.25, -0.2) is 23.3 Å². The van der Waals surface area contributed by atoms with E-state index in [9.17, 15) is 0 Å². The van der Waals surface area contributed by atoms with Crippen LogP contribution in [0.25, 0.3) is 0 Å². The van der Waals surface area contributed by atoms with E-state index in [0.29, 0.717) is 0 Å². The molecule has 1 heteroatoms. The number of hydrogen-bond donors (Lipinski definition) is 0. The topological polar surface area (TPSA) is 0 Å². The second-order valence-corrected chi connectivity index (χ2v) is 2.93. The van der Waals surface area contributed by atoms with Gasteiger partial charge >= 0.3 is 0 Å². The van der Waals surface area contributed by atoms with Crippen molar-refractivity contribution >= 4 is 0 Å². The Morgan fingerprint density at radius 3 is 1.36 bits per heavy atom. The van der Waals surface area contributed by atoms with Gasteiger partial charge in [0.05, 0.1) is 0 Å². The van der Waals surface area contributed by atoms with Gasteiger partial charge in [-0.05, 0) is 0 Å². The quantitative estimate of drug-likeness (QED) is 0.459. The second-order valence-electron chi connectivity index (χ2n) is 2.93. The molecule has 0 aromatic carbocycles. The third-order valence-corrected chi connectivity index (χ3v) is 1.73. The molecule has 14 heavy (non-hydrogen) atoms. The Hall–Kier alpha value is -0.170. The van der Waals surface area contributed by atoms with Crippen LogP contribution in [0.5, 0.6) is 0 Å². The van der Waals surface area contributed by atoms with Crippen LogP contribution in [0.4, 0.5) is 0 Å². The average molecular weight is 352 g/mol. The van der Waals surface area contributed by atoms with E-state index >= 15 is 0 Å². The molecular formula is C13H17Hf-3. The molecule has 0 nitrogen and oxygen atoms in total. The minimum Gasteiger partial charge on any atom is -0.358 e. The van der Waals surface area contributed by atoms with Crippen LogP contribution in [0.1, 0.15) is 26.7 Å². The van der Waals surface area contributed by atoms with E-state index in [1.165, 1.54) is 11.1 Å². The van der Waals surface area contributed by atoms with Crippen LogP contribution >= 0.6 is 0 Å². The number of rotatable bonds is 0. The Kier molecular flexibility index (Phi) is 10.9. The molecule has 0 fully saturated rings. The third kappa shape index (κ3) is 7.25.